The van der Waals surface area contributed by atoms with Crippen molar-refractivity contribution >= 4 is 5.97 Å². The van der Waals surface area contributed by atoms with Crippen molar-refractivity contribution in [3.8, 4) is 17.1 Å². The van der Waals surface area contributed by atoms with Gasteiger partial charge in [-0.05, 0) is 12.1 Å². The van der Waals surface area contributed by atoms with Gasteiger partial charge in [0.25, 0.3) is 0 Å². The van der Waals surface area contributed by atoms with Crippen molar-refractivity contribution in [3.05, 3.63) is 55.1 Å². The molecule has 0 aromatic carbocycles. The molecule has 0 radical (unpaired) electrons. The fourth-order valence-corrected chi connectivity index (χ4v) is 1.72. The number of hydrogen-bond acceptors (Lipinski definition) is 5. The normalized spacial score (nSPS) is 10.4. The third-order valence-electron chi connectivity index (χ3n) is 2.68. The van der Waals surface area contributed by atoms with E-state index in [-0.39, 0.29) is 5.69 Å². The third kappa shape index (κ3) is 2.24. The van der Waals surface area contributed by atoms with E-state index in [9.17, 15) is 4.79 Å². The topological polar surface area (TPSA) is 93.8 Å². The van der Waals surface area contributed by atoms with Crippen LogP contribution in [0.1, 0.15) is 10.5 Å². The smallest absolute Gasteiger partial charge is 0.356 e. The lowest BCUT2D eigenvalue weighted by Crippen LogP contribution is -1.98. The lowest BCUT2D eigenvalue weighted by molar-refractivity contribution is 0.0691. The summed E-state index contributed by atoms with van der Waals surface area (Å²) in [6.45, 7) is 0. The van der Waals surface area contributed by atoms with Gasteiger partial charge in [0.15, 0.2) is 5.69 Å². The van der Waals surface area contributed by atoms with Crippen molar-refractivity contribution < 1.29 is 9.90 Å². The van der Waals surface area contributed by atoms with Gasteiger partial charge in [0, 0.05) is 30.2 Å². The van der Waals surface area contributed by atoms with Gasteiger partial charge in [-0.15, -0.1) is 0 Å². The first kappa shape index (κ1) is 12.0. The molecule has 0 aliphatic carbocycles. The number of rotatable bonds is 3. The first-order valence-corrected chi connectivity index (χ1v) is 5.74. The van der Waals surface area contributed by atoms with Crippen molar-refractivity contribution in [3.63, 3.8) is 0 Å². The summed E-state index contributed by atoms with van der Waals surface area (Å²) in [5.74, 6) is -0.538. The second-order valence-corrected chi connectivity index (χ2v) is 3.97. The number of aromatic carboxylic acids is 1. The Bertz CT molecular complexity index is 754. The van der Waals surface area contributed by atoms with Crippen molar-refractivity contribution in [1.82, 2.24) is 24.5 Å². The highest BCUT2D eigenvalue weighted by Crippen LogP contribution is 2.17. The number of carboxylic acids is 1. The Morgan fingerprint density at radius 2 is 2.15 bits per heavy atom. The Morgan fingerprint density at radius 3 is 2.85 bits per heavy atom. The van der Waals surface area contributed by atoms with Gasteiger partial charge in [-0.3, -0.25) is 9.55 Å². The molecule has 3 aromatic heterocycles. The molecular formula is C13H9N5O2. The van der Waals surface area contributed by atoms with Crippen LogP contribution in [0.15, 0.2) is 49.4 Å². The Balaban J connectivity index is 2.01. The summed E-state index contributed by atoms with van der Waals surface area (Å²) in [7, 11) is 0. The van der Waals surface area contributed by atoms with Gasteiger partial charge >= 0.3 is 5.97 Å². The lowest BCUT2D eigenvalue weighted by Gasteiger charge is -2.03. The summed E-state index contributed by atoms with van der Waals surface area (Å²) in [6.07, 6.45) is 7.60. The molecule has 3 rings (SSSR count). The second kappa shape index (κ2) is 4.88. The minimum absolute atomic E-state index is 0.0356. The van der Waals surface area contributed by atoms with Crippen LogP contribution >= 0.6 is 0 Å². The number of carboxylic acid groups (broad SMARTS) is 1. The summed E-state index contributed by atoms with van der Waals surface area (Å²) >= 11 is 0. The molecule has 0 bridgehead atoms. The van der Waals surface area contributed by atoms with Crippen LogP contribution in [0.5, 0.6) is 0 Å². The molecule has 0 fully saturated rings. The maximum absolute atomic E-state index is 10.8. The van der Waals surface area contributed by atoms with Gasteiger partial charge < -0.3 is 5.11 Å². The Labute approximate surface area is 113 Å². The summed E-state index contributed by atoms with van der Waals surface area (Å²) in [5, 5.41) is 8.86. The van der Waals surface area contributed by atoms with E-state index in [4.69, 9.17) is 5.11 Å². The number of nitrogens with zero attached hydrogens (tertiary/aromatic N) is 5. The summed E-state index contributed by atoms with van der Waals surface area (Å²) < 4.78 is 1.53. The molecule has 0 spiro atoms. The fourth-order valence-electron chi connectivity index (χ4n) is 1.72. The summed E-state index contributed by atoms with van der Waals surface area (Å²) in [5.41, 5.74) is 1.52. The zero-order chi connectivity index (χ0) is 13.9. The molecule has 0 unspecified atom stereocenters. The van der Waals surface area contributed by atoms with Crippen molar-refractivity contribution in [2.24, 2.45) is 0 Å². The average molecular weight is 267 g/mol. The van der Waals surface area contributed by atoms with Crippen molar-refractivity contribution in [2.45, 2.75) is 0 Å². The molecular weight excluding hydrogens is 258 g/mol. The third-order valence-corrected chi connectivity index (χ3v) is 2.68. The maximum Gasteiger partial charge on any atom is 0.356 e. The van der Waals surface area contributed by atoms with E-state index in [0.29, 0.717) is 11.5 Å². The van der Waals surface area contributed by atoms with Crippen molar-refractivity contribution in [1.29, 1.82) is 0 Å². The highest BCUT2D eigenvalue weighted by atomic mass is 16.4. The first-order chi connectivity index (χ1) is 9.74. The maximum atomic E-state index is 10.8. The minimum Gasteiger partial charge on any atom is -0.476 e. The van der Waals surface area contributed by atoms with E-state index < -0.39 is 5.97 Å². The van der Waals surface area contributed by atoms with Gasteiger partial charge in [-0.1, -0.05) is 0 Å². The van der Waals surface area contributed by atoms with E-state index in [1.54, 1.807) is 18.5 Å². The van der Waals surface area contributed by atoms with Crippen LogP contribution in [-0.2, 0) is 0 Å². The number of aromatic nitrogens is 5. The molecule has 0 aliphatic heterocycles. The van der Waals surface area contributed by atoms with Gasteiger partial charge in [-0.2, -0.15) is 0 Å². The molecule has 0 amide bonds. The predicted molar refractivity (Wildman–Crippen MR) is 69.3 cm³/mol. The highest BCUT2D eigenvalue weighted by molar-refractivity contribution is 5.85. The molecule has 0 aliphatic rings. The Kier molecular flexibility index (Phi) is 2.92. The molecule has 0 atom stereocenters. The fraction of sp³-hybridized carbons (Fsp3) is 0. The van der Waals surface area contributed by atoms with Crippen LogP contribution < -0.4 is 0 Å². The van der Waals surface area contributed by atoms with E-state index >= 15 is 0 Å². The standard InChI is InChI=1S/C13H9N5O2/c19-13(20)11-6-18(8-17-11)12-4-10(15-7-16-12)9-2-1-3-14-5-9/h1-8H,(H,19,20). The molecule has 0 saturated heterocycles. The Hall–Kier alpha value is -3.09. The number of pyridine rings is 1. The molecule has 0 saturated carbocycles. The molecule has 1 N–H and O–H groups in total. The quantitative estimate of drug-likeness (QED) is 0.771. The van der Waals surface area contributed by atoms with Crippen LogP contribution in [0, 0.1) is 0 Å². The molecule has 20 heavy (non-hydrogen) atoms. The van der Waals surface area contributed by atoms with Crippen LogP contribution in [0.25, 0.3) is 17.1 Å². The van der Waals surface area contributed by atoms with E-state index in [0.717, 1.165) is 5.56 Å². The average Bonchev–Trinajstić information content (AvgIpc) is 2.98. The zero-order valence-electron chi connectivity index (χ0n) is 10.2. The van der Waals surface area contributed by atoms with E-state index in [2.05, 4.69) is 19.9 Å². The molecule has 7 nitrogen and oxygen atoms in total. The van der Waals surface area contributed by atoms with Gasteiger partial charge in [0.05, 0.1) is 5.69 Å². The van der Waals surface area contributed by atoms with Crippen LogP contribution in [-0.4, -0.2) is 35.6 Å². The summed E-state index contributed by atoms with van der Waals surface area (Å²) in [4.78, 5) is 26.9. The lowest BCUT2D eigenvalue weighted by atomic mass is 10.2. The minimum atomic E-state index is -1.08. The van der Waals surface area contributed by atoms with Gasteiger partial charge in [0.2, 0.25) is 0 Å². The second-order valence-electron chi connectivity index (χ2n) is 3.97. The summed E-state index contributed by atoms with van der Waals surface area (Å²) in [6, 6.07) is 5.44. The Morgan fingerprint density at radius 1 is 1.25 bits per heavy atom. The van der Waals surface area contributed by atoms with Crippen LogP contribution in [0.2, 0.25) is 0 Å². The molecule has 3 aromatic rings. The largest absolute Gasteiger partial charge is 0.476 e. The highest BCUT2D eigenvalue weighted by Gasteiger charge is 2.09. The SMILES string of the molecule is O=C(O)c1cn(-c2cc(-c3cccnc3)ncn2)cn1. The zero-order valence-corrected chi connectivity index (χ0v) is 10.2. The van der Waals surface area contributed by atoms with Gasteiger partial charge in [-0.25, -0.2) is 19.7 Å². The van der Waals surface area contributed by atoms with Crippen LogP contribution in [0.3, 0.4) is 0 Å². The predicted octanol–water partition coefficient (Wildman–Crippen LogP) is 1.42. The number of carbonyl (C=O) groups is 1. The number of imidazole rings is 1. The molecule has 98 valence electrons. The monoisotopic (exact) mass is 267 g/mol. The van der Waals surface area contributed by atoms with Crippen molar-refractivity contribution in [2.75, 3.05) is 0 Å². The molecule has 7 heteroatoms. The van der Waals surface area contributed by atoms with Crippen LogP contribution in [0.4, 0.5) is 0 Å². The van der Waals surface area contributed by atoms with Gasteiger partial charge in [0.1, 0.15) is 18.5 Å². The number of hydrogen-bond donors (Lipinski definition) is 1. The van der Waals surface area contributed by atoms with E-state index in [1.165, 1.54) is 23.4 Å². The van der Waals surface area contributed by atoms with E-state index in [1.807, 2.05) is 12.1 Å². The first-order valence-electron chi connectivity index (χ1n) is 5.74. The molecule has 3 heterocycles.